The molecular formula is C15H17Cl2N5OS. The lowest BCUT2D eigenvalue weighted by atomic mass is 10.2. The Morgan fingerprint density at radius 1 is 1.29 bits per heavy atom. The summed E-state index contributed by atoms with van der Waals surface area (Å²) >= 11 is 13.4. The largest absolute Gasteiger partial charge is 0.339 e. The molecule has 1 aliphatic heterocycles. The number of thioether (sulfide) groups is 1. The molecule has 0 bridgehead atoms. The first-order valence-corrected chi connectivity index (χ1v) is 9.24. The van der Waals surface area contributed by atoms with E-state index < -0.39 is 0 Å². The van der Waals surface area contributed by atoms with Crippen molar-refractivity contribution in [2.75, 3.05) is 39.0 Å². The number of aromatic amines is 1. The number of carbonyl (C=O) groups excluding carboxylic acids is 1. The molecule has 1 aliphatic rings. The summed E-state index contributed by atoms with van der Waals surface area (Å²) in [6.45, 7) is 3.37. The lowest BCUT2D eigenvalue weighted by Gasteiger charge is -2.32. The minimum absolute atomic E-state index is 0.115. The van der Waals surface area contributed by atoms with Crippen LogP contribution in [-0.4, -0.2) is 69.9 Å². The molecule has 0 unspecified atom stereocenters. The average molecular weight is 386 g/mol. The molecule has 1 saturated heterocycles. The van der Waals surface area contributed by atoms with Crippen molar-refractivity contribution in [2.45, 2.75) is 5.16 Å². The van der Waals surface area contributed by atoms with Gasteiger partial charge >= 0.3 is 0 Å². The number of aromatic nitrogens is 3. The smallest absolute Gasteiger partial charge is 0.233 e. The molecule has 0 saturated carbocycles. The Hall–Kier alpha value is -1.28. The number of piperazine rings is 1. The van der Waals surface area contributed by atoms with Gasteiger partial charge in [-0.3, -0.25) is 9.89 Å². The topological polar surface area (TPSA) is 65.1 Å². The van der Waals surface area contributed by atoms with Gasteiger partial charge < -0.3 is 9.80 Å². The van der Waals surface area contributed by atoms with Gasteiger partial charge in [-0.1, -0.05) is 35.0 Å². The lowest BCUT2D eigenvalue weighted by Crippen LogP contribution is -2.47. The van der Waals surface area contributed by atoms with Crippen LogP contribution in [0, 0.1) is 0 Å². The monoisotopic (exact) mass is 385 g/mol. The average Bonchev–Trinajstić information content (AvgIpc) is 3.02. The van der Waals surface area contributed by atoms with Gasteiger partial charge in [0.2, 0.25) is 11.1 Å². The van der Waals surface area contributed by atoms with Crippen LogP contribution in [-0.2, 0) is 4.79 Å². The summed E-state index contributed by atoms with van der Waals surface area (Å²) in [6.07, 6.45) is 0. The summed E-state index contributed by atoms with van der Waals surface area (Å²) in [4.78, 5) is 20.7. The molecular weight excluding hydrogens is 369 g/mol. The maximum absolute atomic E-state index is 12.2. The van der Waals surface area contributed by atoms with Gasteiger partial charge in [0.25, 0.3) is 0 Å². The van der Waals surface area contributed by atoms with Crippen LogP contribution in [0.5, 0.6) is 0 Å². The zero-order valence-electron chi connectivity index (χ0n) is 13.1. The highest BCUT2D eigenvalue weighted by Crippen LogP contribution is 2.29. The zero-order valence-corrected chi connectivity index (χ0v) is 15.5. The van der Waals surface area contributed by atoms with E-state index in [1.54, 1.807) is 18.2 Å². The van der Waals surface area contributed by atoms with Crippen LogP contribution < -0.4 is 0 Å². The molecule has 128 valence electrons. The SMILES string of the molecule is CN1CCN(C(=O)CSc2n[nH]c(-c3ccc(Cl)cc3Cl)n2)CC1. The van der Waals surface area contributed by atoms with E-state index in [0.717, 1.165) is 31.7 Å². The van der Waals surface area contributed by atoms with E-state index in [2.05, 4.69) is 27.1 Å². The summed E-state index contributed by atoms with van der Waals surface area (Å²) in [5.74, 6) is 1.00. The molecule has 9 heteroatoms. The van der Waals surface area contributed by atoms with Crippen molar-refractivity contribution in [2.24, 2.45) is 0 Å². The zero-order chi connectivity index (χ0) is 17.1. The van der Waals surface area contributed by atoms with E-state index in [1.807, 2.05) is 4.90 Å². The fourth-order valence-corrected chi connectivity index (χ4v) is 3.59. The van der Waals surface area contributed by atoms with Crippen molar-refractivity contribution in [1.82, 2.24) is 25.0 Å². The van der Waals surface area contributed by atoms with Gasteiger partial charge in [0.05, 0.1) is 10.8 Å². The van der Waals surface area contributed by atoms with Crippen LogP contribution in [0.1, 0.15) is 0 Å². The van der Waals surface area contributed by atoms with Crippen LogP contribution >= 0.6 is 35.0 Å². The van der Waals surface area contributed by atoms with E-state index >= 15 is 0 Å². The van der Waals surface area contributed by atoms with Crippen LogP contribution in [0.4, 0.5) is 0 Å². The number of benzene rings is 1. The van der Waals surface area contributed by atoms with E-state index in [1.165, 1.54) is 11.8 Å². The highest BCUT2D eigenvalue weighted by molar-refractivity contribution is 7.99. The second-order valence-corrected chi connectivity index (χ2v) is 7.35. The maximum Gasteiger partial charge on any atom is 0.233 e. The van der Waals surface area contributed by atoms with E-state index in [4.69, 9.17) is 23.2 Å². The molecule has 3 rings (SSSR count). The molecule has 0 spiro atoms. The fourth-order valence-electron chi connectivity index (χ4n) is 2.39. The molecule has 1 N–H and O–H groups in total. The second kappa shape index (κ2) is 7.74. The Labute approximate surface area is 154 Å². The van der Waals surface area contributed by atoms with E-state index in [-0.39, 0.29) is 5.91 Å². The van der Waals surface area contributed by atoms with Crippen LogP contribution in [0.25, 0.3) is 11.4 Å². The summed E-state index contributed by atoms with van der Waals surface area (Å²) < 4.78 is 0. The summed E-state index contributed by atoms with van der Waals surface area (Å²) in [6, 6.07) is 5.19. The number of likely N-dealkylation sites (N-methyl/N-ethyl adjacent to an activating group) is 1. The van der Waals surface area contributed by atoms with Crippen LogP contribution in [0.2, 0.25) is 10.0 Å². The van der Waals surface area contributed by atoms with Gasteiger partial charge in [0.15, 0.2) is 5.82 Å². The van der Waals surface area contributed by atoms with Crippen molar-refractivity contribution in [1.29, 1.82) is 0 Å². The number of rotatable bonds is 4. The summed E-state index contributed by atoms with van der Waals surface area (Å²) in [7, 11) is 2.06. The highest BCUT2D eigenvalue weighted by Gasteiger charge is 2.19. The first-order chi connectivity index (χ1) is 11.5. The molecule has 1 aromatic heterocycles. The lowest BCUT2D eigenvalue weighted by molar-refractivity contribution is -0.129. The molecule has 2 aromatic rings. The normalized spacial score (nSPS) is 15.7. The molecule has 0 atom stereocenters. The van der Waals surface area contributed by atoms with Crippen molar-refractivity contribution in [3.8, 4) is 11.4 Å². The van der Waals surface area contributed by atoms with Crippen molar-refractivity contribution in [3.63, 3.8) is 0 Å². The van der Waals surface area contributed by atoms with Crippen LogP contribution in [0.3, 0.4) is 0 Å². The number of hydrogen-bond acceptors (Lipinski definition) is 5. The molecule has 1 aromatic carbocycles. The van der Waals surface area contributed by atoms with Gasteiger partial charge in [0, 0.05) is 36.8 Å². The van der Waals surface area contributed by atoms with Crippen LogP contribution in [0.15, 0.2) is 23.4 Å². The van der Waals surface area contributed by atoms with Gasteiger partial charge in [-0.15, -0.1) is 5.10 Å². The van der Waals surface area contributed by atoms with E-state index in [0.29, 0.717) is 26.8 Å². The summed E-state index contributed by atoms with van der Waals surface area (Å²) in [5.41, 5.74) is 0.728. The molecule has 6 nitrogen and oxygen atoms in total. The van der Waals surface area contributed by atoms with E-state index in [9.17, 15) is 4.79 Å². The van der Waals surface area contributed by atoms with Gasteiger partial charge in [-0.25, -0.2) is 4.98 Å². The Bertz CT molecular complexity index is 730. The Morgan fingerprint density at radius 2 is 2.04 bits per heavy atom. The summed E-state index contributed by atoms with van der Waals surface area (Å²) in [5, 5.41) is 8.59. The Morgan fingerprint density at radius 3 is 2.75 bits per heavy atom. The van der Waals surface area contributed by atoms with Gasteiger partial charge in [-0.05, 0) is 25.2 Å². The predicted octanol–water partition coefficient (Wildman–Crippen LogP) is 2.64. The molecule has 1 amide bonds. The fraction of sp³-hybridized carbons (Fsp3) is 0.400. The number of carbonyl (C=O) groups is 1. The number of halogens is 2. The maximum atomic E-state index is 12.2. The number of nitrogens with zero attached hydrogens (tertiary/aromatic N) is 4. The molecule has 24 heavy (non-hydrogen) atoms. The minimum Gasteiger partial charge on any atom is -0.339 e. The third-order valence-corrected chi connectivity index (χ3v) is 5.21. The molecule has 0 radical (unpaired) electrons. The standard InChI is InChI=1S/C15H17Cl2N5OS/c1-21-4-6-22(7-5-21)13(23)9-24-15-18-14(19-20-15)11-3-2-10(16)8-12(11)17/h2-3,8H,4-7,9H2,1H3,(H,18,19,20). The number of hydrogen-bond donors (Lipinski definition) is 1. The predicted molar refractivity (Wildman–Crippen MR) is 96.6 cm³/mol. The first-order valence-electron chi connectivity index (χ1n) is 7.50. The molecule has 2 heterocycles. The molecule has 1 fully saturated rings. The Balaban J connectivity index is 1.59. The first kappa shape index (κ1) is 17.5. The third kappa shape index (κ3) is 4.22. The molecule has 0 aliphatic carbocycles. The third-order valence-electron chi connectivity index (χ3n) is 3.83. The van der Waals surface area contributed by atoms with Crippen molar-refractivity contribution < 1.29 is 4.79 Å². The Kier molecular flexibility index (Phi) is 5.65. The number of H-pyrrole nitrogens is 1. The second-order valence-electron chi connectivity index (χ2n) is 5.56. The van der Waals surface area contributed by atoms with Gasteiger partial charge in [-0.2, -0.15) is 0 Å². The minimum atomic E-state index is 0.115. The van der Waals surface area contributed by atoms with Gasteiger partial charge in [0.1, 0.15) is 0 Å². The highest BCUT2D eigenvalue weighted by atomic mass is 35.5. The number of nitrogens with one attached hydrogen (secondary N) is 1. The van der Waals surface area contributed by atoms with Crippen molar-refractivity contribution in [3.05, 3.63) is 28.2 Å². The quantitative estimate of drug-likeness (QED) is 0.819. The number of amides is 1. The van der Waals surface area contributed by atoms with Crippen molar-refractivity contribution >= 4 is 40.9 Å².